The van der Waals surface area contributed by atoms with E-state index in [0.29, 0.717) is 0 Å². The van der Waals surface area contributed by atoms with Gasteiger partial charge in [-0.25, -0.2) is 13.4 Å². The Morgan fingerprint density at radius 1 is 1.10 bits per heavy atom. The third-order valence-electron chi connectivity index (χ3n) is 2.99. The first-order chi connectivity index (χ1) is 9.68. The van der Waals surface area contributed by atoms with Crippen LogP contribution in [0, 0.1) is 0 Å². The zero-order valence-corrected chi connectivity index (χ0v) is 14.5. The number of sulfonamides is 1. The van der Waals surface area contributed by atoms with Gasteiger partial charge in [0.15, 0.2) is 0 Å². The molecule has 0 saturated carbocycles. The van der Waals surface area contributed by atoms with Crippen LogP contribution in [0.25, 0.3) is 0 Å². The predicted molar refractivity (Wildman–Crippen MR) is 87.9 cm³/mol. The van der Waals surface area contributed by atoms with E-state index < -0.39 is 10.0 Å². The average Bonchev–Trinajstić information content (AvgIpc) is 2.37. The molecule has 1 N–H and O–H groups in total. The number of hydrogen-bond donors (Lipinski definition) is 1. The van der Waals surface area contributed by atoms with E-state index in [0.717, 1.165) is 10.0 Å². The van der Waals surface area contributed by atoms with Crippen molar-refractivity contribution in [2.45, 2.75) is 31.1 Å². The van der Waals surface area contributed by atoms with Gasteiger partial charge < -0.3 is 0 Å². The fourth-order valence-corrected chi connectivity index (χ4v) is 3.13. The summed E-state index contributed by atoms with van der Waals surface area (Å²) in [6.07, 6.45) is 1.53. The number of pyridine rings is 1. The molecule has 2 rings (SSSR count). The van der Waals surface area contributed by atoms with Gasteiger partial charge in [-0.3, -0.25) is 4.72 Å². The highest BCUT2D eigenvalue weighted by molar-refractivity contribution is 9.10. The second kappa shape index (κ2) is 5.77. The van der Waals surface area contributed by atoms with E-state index in [1.165, 1.54) is 6.20 Å². The van der Waals surface area contributed by atoms with Crippen molar-refractivity contribution in [3.63, 3.8) is 0 Å². The number of aromatic nitrogens is 1. The number of rotatable bonds is 3. The molecular formula is C15H17BrN2O2S. The maximum atomic E-state index is 12.3. The van der Waals surface area contributed by atoms with Crippen LogP contribution in [-0.2, 0) is 15.4 Å². The molecule has 4 nitrogen and oxygen atoms in total. The quantitative estimate of drug-likeness (QED) is 0.892. The summed E-state index contributed by atoms with van der Waals surface area (Å²) in [5.74, 6) is 0.282. The molecule has 0 atom stereocenters. The van der Waals surface area contributed by atoms with Gasteiger partial charge in [-0.15, -0.1) is 0 Å². The molecule has 0 radical (unpaired) electrons. The molecule has 2 aromatic rings. The summed E-state index contributed by atoms with van der Waals surface area (Å²) in [6.45, 7) is 6.25. The molecule has 0 unspecified atom stereocenters. The van der Waals surface area contributed by atoms with Crippen LogP contribution in [0.2, 0.25) is 0 Å². The molecule has 0 aliphatic carbocycles. The Labute approximate surface area is 133 Å². The Balaban J connectivity index is 2.28. The molecule has 1 aromatic carbocycles. The lowest BCUT2D eigenvalue weighted by Gasteiger charge is -2.19. The largest absolute Gasteiger partial charge is 0.263 e. The minimum Gasteiger partial charge on any atom is -0.263 e. The summed E-state index contributed by atoms with van der Waals surface area (Å²) < 4.78 is 27.8. The standard InChI is InChI=1S/C15H17BrN2O2S/c1-15(2,3)11-4-6-13(7-5-11)21(19,20)18-14-10-12(16)8-9-17-14/h4-10H,1-3H3,(H,17,18). The van der Waals surface area contributed by atoms with E-state index in [-0.39, 0.29) is 16.1 Å². The Hall–Kier alpha value is -1.40. The molecule has 21 heavy (non-hydrogen) atoms. The molecule has 0 aliphatic heterocycles. The smallest absolute Gasteiger partial charge is 0.263 e. The van der Waals surface area contributed by atoms with Crippen molar-refractivity contribution in [1.82, 2.24) is 4.98 Å². The molecule has 0 bridgehead atoms. The number of anilines is 1. The zero-order chi connectivity index (χ0) is 15.7. The lowest BCUT2D eigenvalue weighted by molar-refractivity contribution is 0.587. The van der Waals surface area contributed by atoms with Crippen LogP contribution in [0.5, 0.6) is 0 Å². The molecule has 1 heterocycles. The summed E-state index contributed by atoms with van der Waals surface area (Å²) in [5.41, 5.74) is 1.07. The van der Waals surface area contributed by atoms with Crippen molar-refractivity contribution in [3.8, 4) is 0 Å². The van der Waals surface area contributed by atoms with Gasteiger partial charge in [-0.2, -0.15) is 0 Å². The summed E-state index contributed by atoms with van der Waals surface area (Å²) in [5, 5.41) is 0. The van der Waals surface area contributed by atoms with Crippen LogP contribution >= 0.6 is 15.9 Å². The van der Waals surface area contributed by atoms with E-state index in [1.807, 2.05) is 12.1 Å². The minimum atomic E-state index is -3.63. The van der Waals surface area contributed by atoms with Crippen LogP contribution in [-0.4, -0.2) is 13.4 Å². The zero-order valence-electron chi connectivity index (χ0n) is 12.1. The van der Waals surface area contributed by atoms with E-state index in [9.17, 15) is 8.42 Å². The van der Waals surface area contributed by atoms with Gasteiger partial charge in [-0.05, 0) is 35.2 Å². The Bertz CT molecular complexity index is 735. The third-order valence-corrected chi connectivity index (χ3v) is 4.86. The van der Waals surface area contributed by atoms with Gasteiger partial charge in [0.25, 0.3) is 10.0 Å². The minimum absolute atomic E-state index is 0.0123. The van der Waals surface area contributed by atoms with Crippen LogP contribution in [0.15, 0.2) is 52.0 Å². The number of nitrogens with zero attached hydrogens (tertiary/aromatic N) is 1. The third kappa shape index (κ3) is 4.04. The molecule has 6 heteroatoms. The number of hydrogen-bond acceptors (Lipinski definition) is 3. The first kappa shape index (κ1) is 16.0. The highest BCUT2D eigenvalue weighted by Gasteiger charge is 2.18. The first-order valence-electron chi connectivity index (χ1n) is 6.43. The SMILES string of the molecule is CC(C)(C)c1ccc(S(=O)(=O)Nc2cc(Br)ccn2)cc1. The second-order valence-electron chi connectivity index (χ2n) is 5.74. The second-order valence-corrected chi connectivity index (χ2v) is 8.34. The van der Waals surface area contributed by atoms with Gasteiger partial charge >= 0.3 is 0 Å². The Kier molecular flexibility index (Phi) is 4.39. The van der Waals surface area contributed by atoms with Crippen molar-refractivity contribution in [2.24, 2.45) is 0 Å². The van der Waals surface area contributed by atoms with Crippen LogP contribution in [0.1, 0.15) is 26.3 Å². The fraction of sp³-hybridized carbons (Fsp3) is 0.267. The normalized spacial score (nSPS) is 12.2. The van der Waals surface area contributed by atoms with Crippen LogP contribution < -0.4 is 4.72 Å². The van der Waals surface area contributed by atoms with Gasteiger partial charge in [0.05, 0.1) is 4.90 Å². The van der Waals surface area contributed by atoms with Gasteiger partial charge in [0.2, 0.25) is 0 Å². The average molecular weight is 369 g/mol. The fourth-order valence-electron chi connectivity index (χ4n) is 1.79. The molecular weight excluding hydrogens is 352 g/mol. The number of nitrogens with one attached hydrogen (secondary N) is 1. The Morgan fingerprint density at radius 2 is 1.71 bits per heavy atom. The highest BCUT2D eigenvalue weighted by atomic mass is 79.9. The monoisotopic (exact) mass is 368 g/mol. The maximum Gasteiger partial charge on any atom is 0.263 e. The van der Waals surface area contributed by atoms with E-state index in [4.69, 9.17) is 0 Å². The van der Waals surface area contributed by atoms with Crippen molar-refractivity contribution in [1.29, 1.82) is 0 Å². The Morgan fingerprint density at radius 3 is 2.24 bits per heavy atom. The lowest BCUT2D eigenvalue weighted by atomic mass is 9.87. The lowest BCUT2D eigenvalue weighted by Crippen LogP contribution is -2.15. The maximum absolute atomic E-state index is 12.3. The molecule has 1 aromatic heterocycles. The summed E-state index contributed by atoms with van der Waals surface area (Å²) in [6, 6.07) is 10.2. The van der Waals surface area contributed by atoms with Crippen molar-refractivity contribution >= 4 is 31.8 Å². The predicted octanol–water partition coefficient (Wildman–Crippen LogP) is 3.94. The van der Waals surface area contributed by atoms with Gasteiger partial charge in [-0.1, -0.05) is 48.8 Å². The number of halogens is 1. The van der Waals surface area contributed by atoms with Gasteiger partial charge in [0.1, 0.15) is 5.82 Å². The van der Waals surface area contributed by atoms with Crippen molar-refractivity contribution in [2.75, 3.05) is 4.72 Å². The molecule has 0 saturated heterocycles. The molecule has 0 spiro atoms. The van der Waals surface area contributed by atoms with E-state index >= 15 is 0 Å². The summed E-state index contributed by atoms with van der Waals surface area (Å²) >= 11 is 3.28. The molecule has 0 amide bonds. The summed E-state index contributed by atoms with van der Waals surface area (Å²) in [4.78, 5) is 4.21. The van der Waals surface area contributed by atoms with Crippen LogP contribution in [0.4, 0.5) is 5.82 Å². The van der Waals surface area contributed by atoms with Crippen molar-refractivity contribution < 1.29 is 8.42 Å². The molecule has 0 fully saturated rings. The first-order valence-corrected chi connectivity index (χ1v) is 8.71. The van der Waals surface area contributed by atoms with E-state index in [2.05, 4.69) is 46.4 Å². The number of benzene rings is 1. The topological polar surface area (TPSA) is 59.1 Å². The van der Waals surface area contributed by atoms with Crippen LogP contribution in [0.3, 0.4) is 0 Å². The van der Waals surface area contributed by atoms with Crippen molar-refractivity contribution in [3.05, 3.63) is 52.6 Å². The van der Waals surface area contributed by atoms with E-state index in [1.54, 1.807) is 24.3 Å². The highest BCUT2D eigenvalue weighted by Crippen LogP contribution is 2.24. The summed E-state index contributed by atoms with van der Waals surface area (Å²) in [7, 11) is -3.63. The molecule has 112 valence electrons. The molecule has 0 aliphatic rings. The van der Waals surface area contributed by atoms with Gasteiger partial charge in [0, 0.05) is 10.7 Å².